The third-order valence-corrected chi connectivity index (χ3v) is 3.67. The summed E-state index contributed by atoms with van der Waals surface area (Å²) in [5, 5.41) is 18.9. The molecule has 0 unspecified atom stereocenters. The molecule has 4 rings (SSSR count). The Balaban J connectivity index is 1.61. The van der Waals surface area contributed by atoms with Crippen LogP contribution in [0.15, 0.2) is 66.0 Å². The van der Waals surface area contributed by atoms with Gasteiger partial charge in [-0.2, -0.15) is 9.62 Å². The summed E-state index contributed by atoms with van der Waals surface area (Å²) in [4.78, 5) is 0. The van der Waals surface area contributed by atoms with E-state index in [-0.39, 0.29) is 0 Å². The molecule has 1 N–H and O–H groups in total. The number of aromatic nitrogens is 4. The fraction of sp³-hybridized carbons (Fsp3) is 0.0588. The zero-order valence-electron chi connectivity index (χ0n) is 12.5. The third-order valence-electron chi connectivity index (χ3n) is 3.67. The van der Waals surface area contributed by atoms with Crippen LogP contribution in [-0.2, 0) is 0 Å². The van der Waals surface area contributed by atoms with Gasteiger partial charge >= 0.3 is 0 Å². The molecule has 0 atom stereocenters. The lowest BCUT2D eigenvalue weighted by atomic mass is 10.0. The van der Waals surface area contributed by atoms with Crippen molar-refractivity contribution in [1.29, 1.82) is 0 Å². The Hall–Kier alpha value is -3.28. The number of anilines is 1. The molecule has 2 aromatic heterocycles. The maximum absolute atomic E-state index is 4.41. The lowest BCUT2D eigenvalue weighted by Crippen LogP contribution is -2.02. The van der Waals surface area contributed by atoms with E-state index in [1.54, 1.807) is 10.8 Å². The Morgan fingerprint density at radius 3 is 2.83 bits per heavy atom. The number of fused-ring (bicyclic) bond motifs is 2. The summed E-state index contributed by atoms with van der Waals surface area (Å²) in [6, 6.07) is 18.2. The van der Waals surface area contributed by atoms with Crippen molar-refractivity contribution >= 4 is 27.9 Å². The van der Waals surface area contributed by atoms with E-state index in [1.165, 1.54) is 10.8 Å². The molecule has 0 amide bonds. The predicted octanol–water partition coefficient (Wildman–Crippen LogP) is 3.11. The third kappa shape index (κ3) is 2.62. The lowest BCUT2D eigenvalue weighted by molar-refractivity contribution is 0.924. The molecule has 6 nitrogen and oxygen atoms in total. The Bertz CT molecular complexity index is 1020. The molecule has 0 aliphatic carbocycles. The van der Waals surface area contributed by atoms with Crippen LogP contribution >= 0.6 is 0 Å². The Labute approximate surface area is 132 Å². The van der Waals surface area contributed by atoms with Gasteiger partial charge in [0.15, 0.2) is 11.5 Å². The number of nitrogens with zero attached hydrogens (tertiary/aromatic N) is 5. The van der Waals surface area contributed by atoms with Gasteiger partial charge in [0.25, 0.3) is 0 Å². The van der Waals surface area contributed by atoms with E-state index in [0.717, 1.165) is 11.3 Å². The minimum absolute atomic E-state index is 0.637. The number of hydrazone groups is 1. The van der Waals surface area contributed by atoms with Crippen LogP contribution in [0.1, 0.15) is 12.5 Å². The number of nitrogens with one attached hydrogen (secondary N) is 1. The van der Waals surface area contributed by atoms with Gasteiger partial charge in [0.1, 0.15) is 6.33 Å². The summed E-state index contributed by atoms with van der Waals surface area (Å²) in [5.41, 5.74) is 5.63. The van der Waals surface area contributed by atoms with Gasteiger partial charge in [0, 0.05) is 0 Å². The van der Waals surface area contributed by atoms with Gasteiger partial charge in [0.05, 0.1) is 5.71 Å². The topological polar surface area (TPSA) is 67.5 Å². The summed E-state index contributed by atoms with van der Waals surface area (Å²) < 4.78 is 1.60. The predicted molar refractivity (Wildman–Crippen MR) is 90.6 cm³/mol. The minimum atomic E-state index is 0.637. The van der Waals surface area contributed by atoms with Crippen molar-refractivity contribution in [3.63, 3.8) is 0 Å². The van der Waals surface area contributed by atoms with Gasteiger partial charge in [-0.05, 0) is 41.5 Å². The molecule has 0 aliphatic rings. The van der Waals surface area contributed by atoms with Gasteiger partial charge in [-0.15, -0.1) is 15.3 Å². The minimum Gasteiger partial charge on any atom is -0.260 e. The second-order valence-corrected chi connectivity index (χ2v) is 5.22. The van der Waals surface area contributed by atoms with Crippen molar-refractivity contribution in [1.82, 2.24) is 19.8 Å². The lowest BCUT2D eigenvalue weighted by Gasteiger charge is -2.05. The van der Waals surface area contributed by atoms with Crippen molar-refractivity contribution in [2.45, 2.75) is 6.92 Å². The molecular formula is C17H14N6. The summed E-state index contributed by atoms with van der Waals surface area (Å²) >= 11 is 0. The van der Waals surface area contributed by atoms with Crippen LogP contribution in [0.5, 0.6) is 0 Å². The molecule has 0 bridgehead atoms. The van der Waals surface area contributed by atoms with E-state index >= 15 is 0 Å². The second kappa shape index (κ2) is 5.49. The SMILES string of the molecule is CC(=NNc1ccc2nncn2n1)c1ccc2ccccc2c1. The van der Waals surface area contributed by atoms with E-state index in [0.29, 0.717) is 11.5 Å². The summed E-state index contributed by atoms with van der Waals surface area (Å²) in [7, 11) is 0. The van der Waals surface area contributed by atoms with Gasteiger partial charge < -0.3 is 0 Å². The molecule has 2 heterocycles. The van der Waals surface area contributed by atoms with Crippen LogP contribution in [0.25, 0.3) is 16.4 Å². The van der Waals surface area contributed by atoms with Crippen molar-refractivity contribution in [3.05, 3.63) is 66.5 Å². The number of hydrogen-bond acceptors (Lipinski definition) is 5. The van der Waals surface area contributed by atoms with Crippen LogP contribution in [-0.4, -0.2) is 25.5 Å². The number of benzene rings is 2. The molecule has 0 saturated heterocycles. The quantitative estimate of drug-likeness (QED) is 0.466. The first-order valence-electron chi connectivity index (χ1n) is 7.26. The largest absolute Gasteiger partial charge is 0.260 e. The average molecular weight is 302 g/mol. The van der Waals surface area contributed by atoms with Crippen LogP contribution < -0.4 is 5.43 Å². The summed E-state index contributed by atoms with van der Waals surface area (Å²) in [6.45, 7) is 1.97. The van der Waals surface area contributed by atoms with E-state index in [2.05, 4.69) is 56.2 Å². The van der Waals surface area contributed by atoms with Crippen molar-refractivity contribution < 1.29 is 0 Å². The second-order valence-electron chi connectivity index (χ2n) is 5.22. The molecule has 4 aromatic rings. The average Bonchev–Trinajstić information content (AvgIpc) is 3.07. The zero-order valence-corrected chi connectivity index (χ0v) is 12.5. The first-order chi connectivity index (χ1) is 11.3. The summed E-state index contributed by atoms with van der Waals surface area (Å²) in [6.07, 6.45) is 1.56. The first-order valence-corrected chi connectivity index (χ1v) is 7.26. The van der Waals surface area contributed by atoms with E-state index in [4.69, 9.17) is 0 Å². The van der Waals surface area contributed by atoms with E-state index in [1.807, 2.05) is 31.2 Å². The molecule has 0 spiro atoms. The summed E-state index contributed by atoms with van der Waals surface area (Å²) in [5.74, 6) is 0.637. The van der Waals surface area contributed by atoms with Gasteiger partial charge in [0.2, 0.25) is 0 Å². The smallest absolute Gasteiger partial charge is 0.177 e. The highest BCUT2D eigenvalue weighted by atomic mass is 15.4. The molecule has 23 heavy (non-hydrogen) atoms. The van der Waals surface area contributed by atoms with Crippen molar-refractivity contribution in [3.8, 4) is 0 Å². The molecule has 112 valence electrons. The van der Waals surface area contributed by atoms with Gasteiger partial charge in [-0.25, -0.2) is 0 Å². The van der Waals surface area contributed by atoms with Gasteiger partial charge in [-0.3, -0.25) is 5.43 Å². The maximum Gasteiger partial charge on any atom is 0.177 e. The van der Waals surface area contributed by atoms with Crippen LogP contribution in [0, 0.1) is 0 Å². The molecule has 0 radical (unpaired) electrons. The fourth-order valence-corrected chi connectivity index (χ4v) is 2.41. The first kappa shape index (κ1) is 13.4. The molecular weight excluding hydrogens is 288 g/mol. The molecule has 2 aromatic carbocycles. The Morgan fingerprint density at radius 2 is 1.91 bits per heavy atom. The number of rotatable bonds is 3. The Kier molecular flexibility index (Phi) is 3.20. The van der Waals surface area contributed by atoms with Crippen LogP contribution in [0.2, 0.25) is 0 Å². The van der Waals surface area contributed by atoms with E-state index in [9.17, 15) is 0 Å². The zero-order chi connectivity index (χ0) is 15.6. The van der Waals surface area contributed by atoms with Crippen LogP contribution in [0.3, 0.4) is 0 Å². The highest BCUT2D eigenvalue weighted by Crippen LogP contribution is 2.16. The molecule has 6 heteroatoms. The van der Waals surface area contributed by atoms with Crippen molar-refractivity contribution in [2.75, 3.05) is 5.43 Å². The normalized spacial score (nSPS) is 12.0. The van der Waals surface area contributed by atoms with E-state index < -0.39 is 0 Å². The molecule has 0 saturated carbocycles. The van der Waals surface area contributed by atoms with Gasteiger partial charge in [-0.1, -0.05) is 36.4 Å². The molecule has 0 fully saturated rings. The van der Waals surface area contributed by atoms with Crippen molar-refractivity contribution in [2.24, 2.45) is 5.10 Å². The fourth-order valence-electron chi connectivity index (χ4n) is 2.41. The maximum atomic E-state index is 4.41. The number of hydrogen-bond donors (Lipinski definition) is 1. The highest BCUT2D eigenvalue weighted by molar-refractivity contribution is 6.02. The standard InChI is InChI=1S/C17H14N6/c1-12(14-7-6-13-4-2-3-5-15(13)10-14)19-20-16-8-9-17-21-18-11-23(17)22-16/h2-11H,1H3,(H,20,22). The molecule has 0 aliphatic heterocycles. The Morgan fingerprint density at radius 1 is 1.04 bits per heavy atom. The van der Waals surface area contributed by atoms with Crippen LogP contribution in [0.4, 0.5) is 5.82 Å². The monoisotopic (exact) mass is 302 g/mol. The highest BCUT2D eigenvalue weighted by Gasteiger charge is 2.01.